The van der Waals surface area contributed by atoms with Crippen molar-refractivity contribution in [3.05, 3.63) is 30.1 Å². The van der Waals surface area contributed by atoms with E-state index in [-0.39, 0.29) is 24.9 Å². The zero-order valence-electron chi connectivity index (χ0n) is 12.1. The predicted octanol–water partition coefficient (Wildman–Crippen LogP) is -0.188. The van der Waals surface area contributed by atoms with Crippen molar-refractivity contribution < 1.29 is 13.2 Å². The summed E-state index contributed by atoms with van der Waals surface area (Å²) in [5, 5.41) is 8.12. The molecule has 1 aliphatic heterocycles. The smallest absolute Gasteiger partial charge is 0.316 e. The molecule has 0 amide bonds. The Morgan fingerprint density at radius 2 is 2.00 bits per heavy atom. The summed E-state index contributed by atoms with van der Waals surface area (Å²) < 4.78 is 32.6. The van der Waals surface area contributed by atoms with Gasteiger partial charge in [-0.3, -0.25) is 0 Å². The highest BCUT2D eigenvalue weighted by Crippen LogP contribution is 2.16. The minimum atomic E-state index is -3.21. The first kappa shape index (κ1) is 14.9. The molecule has 3 heterocycles. The summed E-state index contributed by atoms with van der Waals surface area (Å²) in [5.41, 5.74) is 0. The van der Waals surface area contributed by atoms with Crippen molar-refractivity contribution in [3.63, 3.8) is 0 Å². The van der Waals surface area contributed by atoms with Crippen LogP contribution in [-0.2, 0) is 29.7 Å². The van der Waals surface area contributed by atoms with Gasteiger partial charge in [-0.15, -0.1) is 10.2 Å². The molecule has 10 heteroatoms. The fraction of sp³-hybridized carbons (Fsp3) is 0.500. The van der Waals surface area contributed by atoms with Gasteiger partial charge in [0.15, 0.2) is 12.4 Å². The normalized spacial score (nSPS) is 15.5. The van der Waals surface area contributed by atoms with Crippen LogP contribution in [0.25, 0.3) is 0 Å². The standard InChI is InChI=1S/C12H16N6O3S/c1-2-22(19,20)17-6-7-18-10(8-17)15-16-11(18)9-21-12-13-4-3-5-14-12/h3-5H,2,6-9H2,1H3. The van der Waals surface area contributed by atoms with Crippen LogP contribution in [0.1, 0.15) is 18.6 Å². The molecule has 0 aliphatic carbocycles. The van der Waals surface area contributed by atoms with Gasteiger partial charge >= 0.3 is 6.01 Å². The third kappa shape index (κ3) is 2.92. The molecule has 0 radical (unpaired) electrons. The van der Waals surface area contributed by atoms with Gasteiger partial charge in [0.05, 0.1) is 12.3 Å². The van der Waals surface area contributed by atoms with Crippen molar-refractivity contribution in [1.82, 2.24) is 29.0 Å². The van der Waals surface area contributed by atoms with E-state index in [9.17, 15) is 8.42 Å². The number of sulfonamides is 1. The minimum absolute atomic E-state index is 0.0858. The summed E-state index contributed by atoms with van der Waals surface area (Å²) in [6.45, 7) is 2.99. The van der Waals surface area contributed by atoms with Crippen LogP contribution in [0.5, 0.6) is 6.01 Å². The topological polar surface area (TPSA) is 103 Å². The fourth-order valence-electron chi connectivity index (χ4n) is 2.21. The average molecular weight is 324 g/mol. The van der Waals surface area contributed by atoms with Gasteiger partial charge in [0.2, 0.25) is 10.0 Å². The molecule has 2 aromatic rings. The third-order valence-corrected chi connectivity index (χ3v) is 5.25. The van der Waals surface area contributed by atoms with E-state index in [1.165, 1.54) is 4.31 Å². The second kappa shape index (κ2) is 5.97. The molecular weight excluding hydrogens is 308 g/mol. The molecule has 0 spiro atoms. The SMILES string of the molecule is CCS(=O)(=O)N1CCn2c(COc3ncccn3)nnc2C1. The van der Waals surface area contributed by atoms with Gasteiger partial charge in [-0.1, -0.05) is 0 Å². The van der Waals surface area contributed by atoms with Crippen molar-refractivity contribution in [2.24, 2.45) is 0 Å². The zero-order valence-corrected chi connectivity index (χ0v) is 12.9. The predicted molar refractivity (Wildman–Crippen MR) is 76.3 cm³/mol. The summed E-state index contributed by atoms with van der Waals surface area (Å²) in [6.07, 6.45) is 3.18. The Balaban J connectivity index is 1.71. The lowest BCUT2D eigenvalue weighted by Gasteiger charge is -2.26. The molecule has 0 aromatic carbocycles. The van der Waals surface area contributed by atoms with Gasteiger partial charge < -0.3 is 9.30 Å². The maximum absolute atomic E-state index is 11.9. The van der Waals surface area contributed by atoms with Crippen LogP contribution >= 0.6 is 0 Å². The Morgan fingerprint density at radius 3 is 2.73 bits per heavy atom. The van der Waals surface area contributed by atoms with Crippen molar-refractivity contribution in [1.29, 1.82) is 0 Å². The molecule has 22 heavy (non-hydrogen) atoms. The van der Waals surface area contributed by atoms with E-state index in [1.807, 2.05) is 4.57 Å². The average Bonchev–Trinajstić information content (AvgIpc) is 2.96. The summed E-state index contributed by atoms with van der Waals surface area (Å²) >= 11 is 0. The van der Waals surface area contributed by atoms with Gasteiger partial charge in [0, 0.05) is 25.5 Å². The number of aromatic nitrogens is 5. The summed E-state index contributed by atoms with van der Waals surface area (Å²) in [6, 6.07) is 1.97. The van der Waals surface area contributed by atoms with Gasteiger partial charge in [0.25, 0.3) is 0 Å². The molecule has 0 fully saturated rings. The molecule has 0 atom stereocenters. The van der Waals surface area contributed by atoms with E-state index in [1.54, 1.807) is 25.4 Å². The first-order valence-corrected chi connectivity index (χ1v) is 8.49. The first-order chi connectivity index (χ1) is 10.6. The van der Waals surface area contributed by atoms with E-state index in [2.05, 4.69) is 20.2 Å². The third-order valence-electron chi connectivity index (χ3n) is 3.43. The van der Waals surface area contributed by atoms with Crippen molar-refractivity contribution >= 4 is 10.0 Å². The van der Waals surface area contributed by atoms with E-state index in [0.29, 0.717) is 24.7 Å². The summed E-state index contributed by atoms with van der Waals surface area (Å²) in [4.78, 5) is 7.93. The summed E-state index contributed by atoms with van der Waals surface area (Å²) in [5.74, 6) is 1.34. The maximum Gasteiger partial charge on any atom is 0.316 e. The second-order valence-electron chi connectivity index (χ2n) is 4.74. The van der Waals surface area contributed by atoms with Crippen LogP contribution in [0, 0.1) is 0 Å². The van der Waals surface area contributed by atoms with Crippen LogP contribution in [0.3, 0.4) is 0 Å². The number of hydrogen-bond donors (Lipinski definition) is 0. The molecule has 1 aliphatic rings. The molecule has 3 rings (SSSR count). The Bertz CT molecular complexity index is 745. The molecule has 0 saturated carbocycles. The first-order valence-electron chi connectivity index (χ1n) is 6.88. The molecule has 118 valence electrons. The van der Waals surface area contributed by atoms with Crippen LogP contribution in [0.4, 0.5) is 0 Å². The van der Waals surface area contributed by atoms with E-state index >= 15 is 0 Å². The number of rotatable bonds is 5. The van der Waals surface area contributed by atoms with Crippen molar-refractivity contribution in [2.75, 3.05) is 12.3 Å². The monoisotopic (exact) mass is 324 g/mol. The zero-order chi connectivity index (χ0) is 15.6. The highest BCUT2D eigenvalue weighted by Gasteiger charge is 2.28. The lowest BCUT2D eigenvalue weighted by Crippen LogP contribution is -2.39. The van der Waals surface area contributed by atoms with Crippen LogP contribution in [0.15, 0.2) is 18.5 Å². The van der Waals surface area contributed by atoms with E-state index in [4.69, 9.17) is 4.74 Å². The summed E-state index contributed by atoms with van der Waals surface area (Å²) in [7, 11) is -3.21. The number of ether oxygens (including phenoxy) is 1. The van der Waals surface area contributed by atoms with Crippen molar-refractivity contribution in [2.45, 2.75) is 26.6 Å². The second-order valence-corrected chi connectivity index (χ2v) is 7.00. The molecule has 0 bridgehead atoms. The number of nitrogens with zero attached hydrogens (tertiary/aromatic N) is 6. The van der Waals surface area contributed by atoms with E-state index in [0.717, 1.165) is 0 Å². The molecule has 9 nitrogen and oxygen atoms in total. The lowest BCUT2D eigenvalue weighted by molar-refractivity contribution is 0.257. The number of hydrogen-bond acceptors (Lipinski definition) is 7. The van der Waals surface area contributed by atoms with Gasteiger partial charge in [0.1, 0.15) is 5.82 Å². The highest BCUT2D eigenvalue weighted by molar-refractivity contribution is 7.89. The van der Waals surface area contributed by atoms with Crippen LogP contribution in [-0.4, -0.2) is 49.8 Å². The molecule has 0 saturated heterocycles. The Labute approximate surface area is 128 Å². The minimum Gasteiger partial charge on any atom is -0.455 e. The lowest BCUT2D eigenvalue weighted by atomic mass is 10.4. The Hall–Kier alpha value is -2.07. The highest BCUT2D eigenvalue weighted by atomic mass is 32.2. The van der Waals surface area contributed by atoms with Gasteiger partial charge in [-0.25, -0.2) is 18.4 Å². The van der Waals surface area contributed by atoms with Gasteiger partial charge in [-0.2, -0.15) is 4.31 Å². The molecule has 0 N–H and O–H groups in total. The Morgan fingerprint density at radius 1 is 1.23 bits per heavy atom. The quantitative estimate of drug-likeness (QED) is 0.751. The Kier molecular flexibility index (Phi) is 4.03. The molecule has 2 aromatic heterocycles. The van der Waals surface area contributed by atoms with E-state index < -0.39 is 10.0 Å². The van der Waals surface area contributed by atoms with Crippen LogP contribution in [0.2, 0.25) is 0 Å². The van der Waals surface area contributed by atoms with Crippen molar-refractivity contribution in [3.8, 4) is 6.01 Å². The molecule has 0 unspecified atom stereocenters. The maximum atomic E-state index is 11.9. The largest absolute Gasteiger partial charge is 0.455 e. The molecular formula is C12H16N6O3S. The fourth-order valence-corrected chi connectivity index (χ4v) is 3.25. The van der Waals surface area contributed by atoms with Crippen LogP contribution < -0.4 is 4.74 Å². The van der Waals surface area contributed by atoms with Gasteiger partial charge in [-0.05, 0) is 13.0 Å². The number of fused-ring (bicyclic) bond motifs is 1.